The second kappa shape index (κ2) is 4.29. The van der Waals surface area contributed by atoms with Gasteiger partial charge in [-0.05, 0) is 11.5 Å². The maximum atomic E-state index is 11.1. The molecule has 0 bridgehead atoms. The molecule has 0 radical (unpaired) electrons. The van der Waals surface area contributed by atoms with Crippen LogP contribution < -0.4 is 10.9 Å². The van der Waals surface area contributed by atoms with Gasteiger partial charge in [0.1, 0.15) is 6.20 Å². The average Bonchev–Trinajstić information content (AvgIpc) is 2.39. The molecule has 2 N–H and O–H groups in total. The van der Waals surface area contributed by atoms with Gasteiger partial charge < -0.3 is 5.32 Å². The fraction of sp³-hybridized carbons (Fsp3) is 0. The molecule has 5 nitrogen and oxygen atoms in total. The highest BCUT2D eigenvalue weighted by molar-refractivity contribution is 5.94. The van der Waals surface area contributed by atoms with Crippen LogP contribution in [0, 0.1) is 0 Å². The number of hydrogen-bond donors (Lipinski definition) is 2. The van der Waals surface area contributed by atoms with Crippen molar-refractivity contribution >= 4 is 22.4 Å². The summed E-state index contributed by atoms with van der Waals surface area (Å²) in [5.74, 6) is 0.332. The van der Waals surface area contributed by atoms with Gasteiger partial charge in [0, 0.05) is 11.1 Å². The standard InChI is InChI=1S/C13H10N4O/c18-12-8-14-17-13(16-12)15-11-7-3-5-9-4-1-2-6-10(9)11/h1-8H,(H2,15,16,17,18). The second-order valence-electron chi connectivity index (χ2n) is 3.83. The number of nitrogens with zero attached hydrogens (tertiary/aromatic N) is 2. The normalized spacial score (nSPS) is 10.4. The molecule has 0 aliphatic rings. The summed E-state index contributed by atoms with van der Waals surface area (Å²) < 4.78 is 0. The molecule has 0 saturated heterocycles. The summed E-state index contributed by atoms with van der Waals surface area (Å²) in [5.41, 5.74) is 0.594. The summed E-state index contributed by atoms with van der Waals surface area (Å²) >= 11 is 0. The Morgan fingerprint density at radius 3 is 2.78 bits per heavy atom. The average molecular weight is 238 g/mol. The number of rotatable bonds is 2. The van der Waals surface area contributed by atoms with E-state index in [1.807, 2.05) is 42.5 Å². The first-order chi connectivity index (χ1) is 8.83. The topological polar surface area (TPSA) is 70.7 Å². The Labute approximate surface area is 103 Å². The minimum absolute atomic E-state index is 0.285. The van der Waals surface area contributed by atoms with Crippen molar-refractivity contribution < 1.29 is 0 Å². The molecule has 0 unspecified atom stereocenters. The van der Waals surface area contributed by atoms with Crippen LogP contribution in [0.15, 0.2) is 53.5 Å². The number of anilines is 2. The lowest BCUT2D eigenvalue weighted by Gasteiger charge is -2.07. The zero-order chi connectivity index (χ0) is 12.4. The highest BCUT2D eigenvalue weighted by Gasteiger charge is 2.02. The van der Waals surface area contributed by atoms with Crippen molar-refractivity contribution in [3.63, 3.8) is 0 Å². The summed E-state index contributed by atoms with van der Waals surface area (Å²) in [7, 11) is 0. The Hall–Kier alpha value is -2.69. The first-order valence-electron chi connectivity index (χ1n) is 5.50. The zero-order valence-corrected chi connectivity index (χ0v) is 9.42. The fourth-order valence-corrected chi connectivity index (χ4v) is 1.83. The zero-order valence-electron chi connectivity index (χ0n) is 9.42. The molecule has 18 heavy (non-hydrogen) atoms. The molecule has 0 amide bonds. The van der Waals surface area contributed by atoms with E-state index in [1.165, 1.54) is 0 Å². The van der Waals surface area contributed by atoms with Gasteiger partial charge in [-0.15, -0.1) is 10.2 Å². The first kappa shape index (κ1) is 10.5. The lowest BCUT2D eigenvalue weighted by molar-refractivity contribution is 0.954. The van der Waals surface area contributed by atoms with Crippen LogP contribution in [-0.2, 0) is 0 Å². The summed E-state index contributed by atoms with van der Waals surface area (Å²) in [6.45, 7) is 0. The van der Waals surface area contributed by atoms with Crippen molar-refractivity contribution in [1.82, 2.24) is 15.2 Å². The van der Waals surface area contributed by atoms with Crippen molar-refractivity contribution in [2.45, 2.75) is 0 Å². The van der Waals surface area contributed by atoms with Crippen LogP contribution in [0.5, 0.6) is 0 Å². The number of nitrogens with one attached hydrogen (secondary N) is 2. The highest BCUT2D eigenvalue weighted by Crippen LogP contribution is 2.24. The van der Waals surface area contributed by atoms with E-state index in [0.717, 1.165) is 22.7 Å². The number of hydrogen-bond acceptors (Lipinski definition) is 4. The van der Waals surface area contributed by atoms with Crippen molar-refractivity contribution in [3.05, 3.63) is 59.0 Å². The molecule has 3 rings (SSSR count). The molecule has 0 spiro atoms. The third-order valence-electron chi connectivity index (χ3n) is 2.62. The third-order valence-corrected chi connectivity index (χ3v) is 2.62. The summed E-state index contributed by atoms with van der Waals surface area (Å²) in [5, 5.41) is 12.7. The van der Waals surface area contributed by atoms with Gasteiger partial charge in [0.25, 0.3) is 5.56 Å². The molecule has 0 aliphatic heterocycles. The van der Waals surface area contributed by atoms with Crippen LogP contribution in [-0.4, -0.2) is 15.2 Å². The number of aromatic amines is 1. The molecule has 88 valence electrons. The molecule has 0 atom stereocenters. The molecule has 0 saturated carbocycles. The van der Waals surface area contributed by atoms with Gasteiger partial charge in [0.05, 0.1) is 0 Å². The maximum absolute atomic E-state index is 11.1. The molecule has 1 heterocycles. The van der Waals surface area contributed by atoms with Gasteiger partial charge in [-0.25, -0.2) is 0 Å². The predicted molar refractivity (Wildman–Crippen MR) is 69.9 cm³/mol. The van der Waals surface area contributed by atoms with Crippen molar-refractivity contribution in [1.29, 1.82) is 0 Å². The third kappa shape index (κ3) is 1.93. The van der Waals surface area contributed by atoms with E-state index < -0.39 is 0 Å². The Morgan fingerprint density at radius 1 is 1.06 bits per heavy atom. The van der Waals surface area contributed by atoms with E-state index in [2.05, 4.69) is 20.5 Å². The van der Waals surface area contributed by atoms with Crippen LogP contribution in [0.2, 0.25) is 0 Å². The van der Waals surface area contributed by atoms with E-state index in [1.54, 1.807) is 0 Å². The van der Waals surface area contributed by atoms with Crippen LogP contribution >= 0.6 is 0 Å². The lowest BCUT2D eigenvalue weighted by Crippen LogP contribution is -2.10. The molecule has 1 aromatic heterocycles. The highest BCUT2D eigenvalue weighted by atomic mass is 16.1. The smallest absolute Gasteiger partial charge is 0.271 e. The minimum atomic E-state index is -0.285. The van der Waals surface area contributed by atoms with Gasteiger partial charge in [0.15, 0.2) is 0 Å². The predicted octanol–water partition coefficient (Wildman–Crippen LogP) is 2.06. The quantitative estimate of drug-likeness (QED) is 0.717. The molecule has 2 aromatic carbocycles. The first-order valence-corrected chi connectivity index (χ1v) is 5.50. The van der Waals surface area contributed by atoms with Crippen molar-refractivity contribution in [2.24, 2.45) is 0 Å². The summed E-state index contributed by atoms with van der Waals surface area (Å²) in [6, 6.07) is 13.9. The monoisotopic (exact) mass is 238 g/mol. The Morgan fingerprint density at radius 2 is 1.89 bits per heavy atom. The van der Waals surface area contributed by atoms with Gasteiger partial charge in [-0.2, -0.15) is 0 Å². The van der Waals surface area contributed by atoms with E-state index >= 15 is 0 Å². The van der Waals surface area contributed by atoms with Crippen LogP contribution in [0.4, 0.5) is 11.6 Å². The number of benzene rings is 2. The number of aromatic nitrogens is 3. The largest absolute Gasteiger partial charge is 0.324 e. The Balaban J connectivity index is 2.07. The van der Waals surface area contributed by atoms with Gasteiger partial charge in [-0.3, -0.25) is 9.78 Å². The van der Waals surface area contributed by atoms with E-state index in [4.69, 9.17) is 0 Å². The lowest BCUT2D eigenvalue weighted by atomic mass is 10.1. The maximum Gasteiger partial charge on any atom is 0.271 e. The van der Waals surface area contributed by atoms with E-state index in [9.17, 15) is 4.79 Å². The number of H-pyrrole nitrogens is 1. The van der Waals surface area contributed by atoms with Crippen LogP contribution in [0.1, 0.15) is 0 Å². The number of fused-ring (bicyclic) bond motifs is 1. The van der Waals surface area contributed by atoms with E-state index in [-0.39, 0.29) is 5.56 Å². The SMILES string of the molecule is O=c1cnnc(Nc2cccc3ccccc23)[nH]1. The van der Waals surface area contributed by atoms with Crippen LogP contribution in [0.25, 0.3) is 10.8 Å². The molecule has 5 heteroatoms. The fourth-order valence-electron chi connectivity index (χ4n) is 1.83. The van der Waals surface area contributed by atoms with Gasteiger partial charge in [-0.1, -0.05) is 36.4 Å². The molecule has 3 aromatic rings. The molecule has 0 aliphatic carbocycles. The molecular weight excluding hydrogens is 228 g/mol. The van der Waals surface area contributed by atoms with Crippen molar-refractivity contribution in [3.8, 4) is 0 Å². The summed E-state index contributed by atoms with van der Waals surface area (Å²) in [4.78, 5) is 13.7. The second-order valence-corrected chi connectivity index (χ2v) is 3.83. The molecular formula is C13H10N4O. The Bertz CT molecular complexity index is 746. The molecule has 0 fully saturated rings. The van der Waals surface area contributed by atoms with Crippen molar-refractivity contribution in [2.75, 3.05) is 5.32 Å². The summed E-state index contributed by atoms with van der Waals surface area (Å²) in [6.07, 6.45) is 1.13. The van der Waals surface area contributed by atoms with E-state index in [0.29, 0.717) is 5.95 Å². The van der Waals surface area contributed by atoms with Gasteiger partial charge in [0.2, 0.25) is 5.95 Å². The minimum Gasteiger partial charge on any atom is -0.324 e. The van der Waals surface area contributed by atoms with Crippen LogP contribution in [0.3, 0.4) is 0 Å². The Kier molecular flexibility index (Phi) is 2.49. The van der Waals surface area contributed by atoms with Gasteiger partial charge >= 0.3 is 0 Å².